The minimum atomic E-state index is 0.223. The number of hydrogen-bond acceptors (Lipinski definition) is 6. The molecule has 0 bridgehead atoms. The van der Waals surface area contributed by atoms with Crippen molar-refractivity contribution in [3.63, 3.8) is 0 Å². The fraction of sp³-hybridized carbons (Fsp3) is 0.250. The Morgan fingerprint density at radius 3 is 2.73 bits per heavy atom. The molecule has 0 unspecified atom stereocenters. The van der Waals surface area contributed by atoms with E-state index in [2.05, 4.69) is 25.4 Å². The van der Waals surface area contributed by atoms with Crippen LogP contribution in [0.2, 0.25) is 0 Å². The van der Waals surface area contributed by atoms with Gasteiger partial charge >= 0.3 is 0 Å². The quantitative estimate of drug-likeness (QED) is 0.284. The van der Waals surface area contributed by atoms with Crippen molar-refractivity contribution in [1.29, 1.82) is 5.26 Å². The van der Waals surface area contributed by atoms with Gasteiger partial charge < -0.3 is 14.0 Å². The van der Waals surface area contributed by atoms with Gasteiger partial charge in [-0.25, -0.2) is 14.8 Å². The summed E-state index contributed by atoms with van der Waals surface area (Å²) in [7, 11) is 3.14. The van der Waals surface area contributed by atoms with Crippen LogP contribution < -0.4 is 4.74 Å². The van der Waals surface area contributed by atoms with E-state index in [4.69, 9.17) is 16.0 Å². The molecule has 0 aromatic carbocycles. The molecule has 0 fully saturated rings. The van der Waals surface area contributed by atoms with Crippen molar-refractivity contribution in [2.24, 2.45) is 0 Å². The summed E-state index contributed by atoms with van der Waals surface area (Å²) in [5.41, 5.74) is 5.25. The Kier molecular flexibility index (Phi) is 6.01. The van der Waals surface area contributed by atoms with Crippen LogP contribution in [0.15, 0.2) is 24.4 Å². The summed E-state index contributed by atoms with van der Waals surface area (Å²) in [5.74, 6) is 0.937. The first-order chi connectivity index (χ1) is 15.9. The Morgan fingerprint density at radius 2 is 2.06 bits per heavy atom. The number of aromatic nitrogens is 4. The molecule has 33 heavy (non-hydrogen) atoms. The van der Waals surface area contributed by atoms with Gasteiger partial charge in [0.25, 0.3) is 0 Å². The van der Waals surface area contributed by atoms with Crippen LogP contribution in [0.3, 0.4) is 0 Å². The number of hydrogen-bond donors (Lipinski definition) is 0. The third-order valence-electron chi connectivity index (χ3n) is 5.35. The Hall–Kier alpha value is -3.92. The van der Waals surface area contributed by atoms with Crippen LogP contribution in [0.5, 0.6) is 5.88 Å². The molecule has 9 heteroatoms. The predicted octanol–water partition coefficient (Wildman–Crippen LogP) is 5.44. The minimum absolute atomic E-state index is 0.223. The van der Waals surface area contributed by atoms with Gasteiger partial charge in [0.2, 0.25) is 11.6 Å². The second-order valence-electron chi connectivity index (χ2n) is 7.49. The zero-order chi connectivity index (χ0) is 23.7. The number of rotatable bonds is 6. The van der Waals surface area contributed by atoms with Gasteiger partial charge in [0.15, 0.2) is 5.82 Å². The van der Waals surface area contributed by atoms with Gasteiger partial charge in [0, 0.05) is 24.6 Å². The Bertz CT molecular complexity index is 1480. The highest BCUT2D eigenvalue weighted by Gasteiger charge is 2.19. The van der Waals surface area contributed by atoms with Crippen molar-refractivity contribution in [1.82, 2.24) is 19.1 Å². The lowest BCUT2D eigenvalue weighted by Gasteiger charge is -2.08. The lowest BCUT2D eigenvalue weighted by molar-refractivity contribution is 0.133. The van der Waals surface area contributed by atoms with Crippen molar-refractivity contribution >= 4 is 39.7 Å². The number of ether oxygens (including phenoxy) is 2. The maximum absolute atomic E-state index is 10.0. The van der Waals surface area contributed by atoms with Crippen LogP contribution in [0, 0.1) is 38.7 Å². The summed E-state index contributed by atoms with van der Waals surface area (Å²) in [6, 6.07) is 7.94. The first-order valence-electron chi connectivity index (χ1n) is 10.1. The monoisotopic (exact) mass is 458 g/mol. The minimum Gasteiger partial charge on any atom is -0.481 e. The largest absolute Gasteiger partial charge is 0.481 e. The van der Waals surface area contributed by atoms with Crippen molar-refractivity contribution in [3.8, 4) is 17.0 Å². The van der Waals surface area contributed by atoms with Gasteiger partial charge in [-0.2, -0.15) is 5.26 Å². The smallest absolute Gasteiger partial charge is 0.221 e. The van der Waals surface area contributed by atoms with E-state index in [9.17, 15) is 5.26 Å². The standard InChI is InChI=1S/C24H22N6O2S/c1-14-7-17(16(3)30(14)24-20(26-4)8-15(2)33-24)9-18(11-25)23-28-19-10-22(32-6)27-12-21(19)29(23)13-31-5/h7-10,12H,13H2,1-3,5-6H3/b18-9+. The second kappa shape index (κ2) is 8.91. The molecule has 0 spiro atoms. The number of imidazole rings is 1. The zero-order valence-corrected chi connectivity index (χ0v) is 19.8. The average molecular weight is 459 g/mol. The highest BCUT2D eigenvalue weighted by molar-refractivity contribution is 7.15. The lowest BCUT2D eigenvalue weighted by Crippen LogP contribution is -2.05. The molecule has 0 amide bonds. The van der Waals surface area contributed by atoms with Crippen LogP contribution in [0.1, 0.15) is 27.7 Å². The first kappa shape index (κ1) is 22.3. The number of nitriles is 1. The van der Waals surface area contributed by atoms with E-state index >= 15 is 0 Å². The van der Waals surface area contributed by atoms with Crippen LogP contribution in [-0.4, -0.2) is 33.3 Å². The molecule has 166 valence electrons. The van der Waals surface area contributed by atoms with Crippen LogP contribution in [0.25, 0.3) is 32.5 Å². The van der Waals surface area contributed by atoms with Crippen molar-refractivity contribution in [3.05, 3.63) is 63.5 Å². The zero-order valence-electron chi connectivity index (χ0n) is 19.0. The van der Waals surface area contributed by atoms with Gasteiger partial charge in [0.1, 0.15) is 17.8 Å². The van der Waals surface area contributed by atoms with Gasteiger partial charge in [-0.3, -0.25) is 4.57 Å². The number of nitrogens with zero attached hydrogens (tertiary/aromatic N) is 6. The highest BCUT2D eigenvalue weighted by Crippen LogP contribution is 2.36. The van der Waals surface area contributed by atoms with Crippen molar-refractivity contribution in [2.75, 3.05) is 14.2 Å². The van der Waals surface area contributed by atoms with E-state index in [1.165, 1.54) is 0 Å². The summed E-state index contributed by atoms with van der Waals surface area (Å²) in [4.78, 5) is 13.7. The molecule has 4 aromatic heterocycles. The third-order valence-corrected chi connectivity index (χ3v) is 6.37. The number of pyridine rings is 1. The average Bonchev–Trinajstić information content (AvgIpc) is 3.44. The predicted molar refractivity (Wildman–Crippen MR) is 129 cm³/mol. The maximum Gasteiger partial charge on any atom is 0.221 e. The molecule has 0 saturated heterocycles. The molecule has 0 saturated carbocycles. The topological polar surface area (TPSA) is 82.3 Å². The molecule has 4 aromatic rings. The molecular formula is C24H22N6O2S. The van der Waals surface area contributed by atoms with Gasteiger partial charge in [-0.05, 0) is 49.4 Å². The maximum atomic E-state index is 10.0. The first-order valence-corrected chi connectivity index (χ1v) is 10.9. The van der Waals surface area contributed by atoms with E-state index in [0.29, 0.717) is 28.5 Å². The van der Waals surface area contributed by atoms with E-state index in [1.807, 2.05) is 43.5 Å². The normalized spacial score (nSPS) is 11.5. The fourth-order valence-corrected chi connectivity index (χ4v) is 4.92. The Morgan fingerprint density at radius 1 is 1.27 bits per heavy atom. The number of methoxy groups -OCH3 is 2. The van der Waals surface area contributed by atoms with Crippen LogP contribution >= 0.6 is 11.3 Å². The number of allylic oxidation sites excluding steroid dienone is 1. The van der Waals surface area contributed by atoms with Crippen LogP contribution in [0.4, 0.5) is 5.69 Å². The second-order valence-corrected chi connectivity index (χ2v) is 8.72. The molecule has 0 aliphatic heterocycles. The Labute approximate surface area is 195 Å². The van der Waals surface area contributed by atoms with Gasteiger partial charge in [0.05, 0.1) is 36.5 Å². The molecule has 4 rings (SSSR count). The number of fused-ring (bicyclic) bond motifs is 1. The summed E-state index contributed by atoms with van der Waals surface area (Å²) in [5, 5.41) is 10.9. The molecule has 8 nitrogen and oxygen atoms in total. The molecule has 0 atom stereocenters. The summed E-state index contributed by atoms with van der Waals surface area (Å²) < 4.78 is 14.5. The molecule has 0 aliphatic rings. The van der Waals surface area contributed by atoms with Crippen molar-refractivity contribution in [2.45, 2.75) is 27.5 Å². The summed E-state index contributed by atoms with van der Waals surface area (Å²) >= 11 is 1.58. The third kappa shape index (κ3) is 3.89. The highest BCUT2D eigenvalue weighted by atomic mass is 32.1. The van der Waals surface area contributed by atoms with E-state index in [1.54, 1.807) is 37.8 Å². The number of aryl methyl sites for hydroxylation is 2. The van der Waals surface area contributed by atoms with Gasteiger partial charge in [-0.15, -0.1) is 11.3 Å². The van der Waals surface area contributed by atoms with Crippen LogP contribution in [-0.2, 0) is 11.5 Å². The molecule has 0 radical (unpaired) electrons. The number of thiophene rings is 1. The van der Waals surface area contributed by atoms with E-state index in [-0.39, 0.29) is 6.73 Å². The molecule has 0 N–H and O–H groups in total. The summed E-state index contributed by atoms with van der Waals surface area (Å²) in [6.07, 6.45) is 3.49. The molecular weight excluding hydrogens is 436 g/mol. The Balaban J connectivity index is 1.87. The van der Waals surface area contributed by atoms with Gasteiger partial charge in [-0.1, -0.05) is 0 Å². The molecule has 4 heterocycles. The SMILES string of the molecule is [C-]#[N+]c1cc(C)sc1-n1c(C)cc(/C=C(\C#N)c2nc3cc(OC)ncc3n2COC)c1C. The van der Waals surface area contributed by atoms with E-state index in [0.717, 1.165) is 32.3 Å². The van der Waals surface area contributed by atoms with Crippen molar-refractivity contribution < 1.29 is 9.47 Å². The van der Waals surface area contributed by atoms with E-state index < -0.39 is 0 Å². The fourth-order valence-electron chi connectivity index (χ4n) is 3.86. The summed E-state index contributed by atoms with van der Waals surface area (Å²) in [6.45, 7) is 13.7. The molecule has 0 aliphatic carbocycles. The lowest BCUT2D eigenvalue weighted by atomic mass is 10.1.